The molecular formula is C11H18N2O4. The van der Waals surface area contributed by atoms with Crippen molar-refractivity contribution in [3.63, 3.8) is 0 Å². The first-order chi connectivity index (χ1) is 8.07. The van der Waals surface area contributed by atoms with Gasteiger partial charge < -0.3 is 15.7 Å². The van der Waals surface area contributed by atoms with E-state index in [4.69, 9.17) is 5.11 Å². The molecule has 0 bridgehead atoms. The van der Waals surface area contributed by atoms with Crippen LogP contribution >= 0.6 is 0 Å². The van der Waals surface area contributed by atoms with E-state index >= 15 is 0 Å². The van der Waals surface area contributed by atoms with E-state index < -0.39 is 12.0 Å². The number of nitrogens with one attached hydrogen (secondary N) is 2. The highest BCUT2D eigenvalue weighted by Gasteiger charge is 2.16. The molecule has 1 unspecified atom stereocenters. The van der Waals surface area contributed by atoms with Crippen molar-refractivity contribution in [3.05, 3.63) is 12.3 Å². The fourth-order valence-electron chi connectivity index (χ4n) is 1.27. The van der Waals surface area contributed by atoms with E-state index in [-0.39, 0.29) is 5.91 Å². The van der Waals surface area contributed by atoms with Crippen LogP contribution in [0.4, 0.5) is 0 Å². The summed E-state index contributed by atoms with van der Waals surface area (Å²) in [6, 6.07) is -0.821. The van der Waals surface area contributed by atoms with E-state index in [9.17, 15) is 14.4 Å². The van der Waals surface area contributed by atoms with Crippen LogP contribution in [0.15, 0.2) is 12.3 Å². The van der Waals surface area contributed by atoms with E-state index in [1.807, 2.05) is 0 Å². The normalized spacial score (nSPS) is 12.1. The second-order valence-electron chi connectivity index (χ2n) is 3.54. The zero-order chi connectivity index (χ0) is 13.1. The van der Waals surface area contributed by atoms with Gasteiger partial charge in [-0.05, 0) is 31.5 Å². The Bertz CT molecular complexity index is 289. The second-order valence-corrected chi connectivity index (χ2v) is 3.54. The lowest BCUT2D eigenvalue weighted by molar-refractivity contribution is -0.141. The molecule has 0 aromatic carbocycles. The lowest BCUT2D eigenvalue weighted by atomic mass is 10.1. The van der Waals surface area contributed by atoms with Gasteiger partial charge in [0.15, 0.2) is 0 Å². The Balaban J connectivity index is 3.68. The van der Waals surface area contributed by atoms with E-state index in [0.717, 1.165) is 6.42 Å². The monoisotopic (exact) mass is 242 g/mol. The number of carbonyl (C=O) groups excluding carboxylic acids is 2. The number of amides is 1. The van der Waals surface area contributed by atoms with E-state index in [0.29, 0.717) is 25.7 Å². The maximum absolute atomic E-state index is 10.8. The number of unbranched alkanes of at least 4 members (excludes halogenated alkanes) is 1. The van der Waals surface area contributed by atoms with Crippen LogP contribution in [0.5, 0.6) is 0 Å². The van der Waals surface area contributed by atoms with Crippen LogP contribution in [0.2, 0.25) is 0 Å². The zero-order valence-electron chi connectivity index (χ0n) is 9.81. The zero-order valence-corrected chi connectivity index (χ0v) is 9.81. The van der Waals surface area contributed by atoms with E-state index in [1.165, 1.54) is 19.2 Å². The molecule has 0 heterocycles. The van der Waals surface area contributed by atoms with E-state index in [2.05, 4.69) is 10.6 Å². The van der Waals surface area contributed by atoms with Crippen molar-refractivity contribution in [2.24, 2.45) is 0 Å². The van der Waals surface area contributed by atoms with Gasteiger partial charge in [0, 0.05) is 13.5 Å². The fraction of sp³-hybridized carbons (Fsp3) is 0.545. The number of carboxylic acids is 1. The van der Waals surface area contributed by atoms with Crippen molar-refractivity contribution in [3.8, 4) is 0 Å². The average Bonchev–Trinajstić information content (AvgIpc) is 2.25. The summed E-state index contributed by atoms with van der Waals surface area (Å²) in [5, 5.41) is 14.1. The van der Waals surface area contributed by atoms with Crippen molar-refractivity contribution in [2.45, 2.75) is 32.2 Å². The molecule has 96 valence electrons. The van der Waals surface area contributed by atoms with Crippen molar-refractivity contribution in [1.82, 2.24) is 10.6 Å². The molecule has 0 fully saturated rings. The summed E-state index contributed by atoms with van der Waals surface area (Å²) >= 11 is 0. The molecule has 0 aliphatic heterocycles. The molecular weight excluding hydrogens is 224 g/mol. The molecule has 0 rings (SSSR count). The number of carboxylic acid groups (broad SMARTS) is 1. The Morgan fingerprint density at radius 3 is 2.59 bits per heavy atom. The molecule has 1 amide bonds. The van der Waals surface area contributed by atoms with Crippen molar-refractivity contribution in [1.29, 1.82) is 0 Å². The second kappa shape index (κ2) is 9.38. The lowest BCUT2D eigenvalue weighted by Gasteiger charge is -2.12. The molecule has 17 heavy (non-hydrogen) atoms. The van der Waals surface area contributed by atoms with Crippen molar-refractivity contribution < 1.29 is 19.5 Å². The lowest BCUT2D eigenvalue weighted by Crippen LogP contribution is -2.39. The standard InChI is InChI=1S/C11H18N2O4/c1-9(15)13-10(11(16)17)5-2-3-6-12-7-4-8-14/h4,7-8,10,12H,2-3,5-6H2,1H3,(H,13,15)(H,16,17)/b7-4+. The molecule has 6 nitrogen and oxygen atoms in total. The number of carbonyl (C=O) groups is 3. The van der Waals surface area contributed by atoms with Gasteiger partial charge in [-0.3, -0.25) is 9.59 Å². The molecule has 0 radical (unpaired) electrons. The summed E-state index contributed by atoms with van der Waals surface area (Å²) in [6.07, 6.45) is 5.40. The minimum absolute atomic E-state index is 0.343. The van der Waals surface area contributed by atoms with Crippen molar-refractivity contribution >= 4 is 18.2 Å². The molecule has 0 spiro atoms. The quantitative estimate of drug-likeness (QED) is 0.301. The predicted molar refractivity (Wildman–Crippen MR) is 62.3 cm³/mol. The summed E-state index contributed by atoms with van der Waals surface area (Å²) in [5.74, 6) is -1.36. The number of aliphatic carboxylic acids is 1. The van der Waals surface area contributed by atoms with Crippen molar-refractivity contribution in [2.75, 3.05) is 6.54 Å². The van der Waals surface area contributed by atoms with Crippen LogP contribution in [0.3, 0.4) is 0 Å². The van der Waals surface area contributed by atoms with Gasteiger partial charge in [-0.25, -0.2) is 4.79 Å². The Labute approximate surface area is 100 Å². The topological polar surface area (TPSA) is 95.5 Å². The third-order valence-electron chi connectivity index (χ3n) is 2.03. The number of allylic oxidation sites excluding steroid dienone is 1. The Morgan fingerprint density at radius 2 is 2.06 bits per heavy atom. The first-order valence-corrected chi connectivity index (χ1v) is 5.41. The highest BCUT2D eigenvalue weighted by Crippen LogP contribution is 2.01. The van der Waals surface area contributed by atoms with Crippen LogP contribution in [-0.2, 0) is 14.4 Å². The first-order valence-electron chi connectivity index (χ1n) is 5.41. The number of hydrogen-bond acceptors (Lipinski definition) is 4. The molecule has 6 heteroatoms. The highest BCUT2D eigenvalue weighted by atomic mass is 16.4. The number of rotatable bonds is 9. The number of hydrogen-bond donors (Lipinski definition) is 3. The molecule has 0 aliphatic rings. The third kappa shape index (κ3) is 9.10. The van der Waals surface area contributed by atoms with Crippen LogP contribution in [0.25, 0.3) is 0 Å². The fourth-order valence-corrected chi connectivity index (χ4v) is 1.27. The molecule has 0 saturated heterocycles. The van der Waals surface area contributed by atoms with Gasteiger partial charge in [-0.2, -0.15) is 0 Å². The first kappa shape index (κ1) is 15.2. The summed E-state index contributed by atoms with van der Waals surface area (Å²) < 4.78 is 0. The maximum Gasteiger partial charge on any atom is 0.326 e. The minimum atomic E-state index is -1.02. The van der Waals surface area contributed by atoms with Crippen LogP contribution < -0.4 is 10.6 Å². The van der Waals surface area contributed by atoms with Crippen LogP contribution in [0.1, 0.15) is 26.2 Å². The smallest absolute Gasteiger partial charge is 0.326 e. The molecule has 0 aromatic heterocycles. The summed E-state index contributed by atoms with van der Waals surface area (Å²) in [4.78, 5) is 31.4. The molecule has 0 aromatic rings. The highest BCUT2D eigenvalue weighted by molar-refractivity contribution is 5.81. The largest absolute Gasteiger partial charge is 0.480 e. The van der Waals surface area contributed by atoms with Gasteiger partial charge in [0.05, 0.1) is 0 Å². The van der Waals surface area contributed by atoms with Gasteiger partial charge in [0.25, 0.3) is 0 Å². The SMILES string of the molecule is CC(=O)NC(CCCCN/C=C/C=O)C(=O)O. The van der Waals surface area contributed by atoms with Crippen LogP contribution in [-0.4, -0.2) is 35.9 Å². The van der Waals surface area contributed by atoms with E-state index in [1.54, 1.807) is 0 Å². The van der Waals surface area contributed by atoms with Gasteiger partial charge in [-0.1, -0.05) is 0 Å². The summed E-state index contributed by atoms with van der Waals surface area (Å²) in [7, 11) is 0. The molecule has 1 atom stereocenters. The third-order valence-corrected chi connectivity index (χ3v) is 2.03. The van der Waals surface area contributed by atoms with Gasteiger partial charge >= 0.3 is 5.97 Å². The number of aldehydes is 1. The Hall–Kier alpha value is -1.85. The molecule has 0 saturated carbocycles. The predicted octanol–water partition coefficient (Wildman–Crippen LogP) is 0.0482. The molecule has 0 aliphatic carbocycles. The minimum Gasteiger partial charge on any atom is -0.480 e. The molecule has 3 N–H and O–H groups in total. The van der Waals surface area contributed by atoms with Gasteiger partial charge in [0.2, 0.25) is 5.91 Å². The Kier molecular flexibility index (Phi) is 8.36. The maximum atomic E-state index is 10.8. The Morgan fingerprint density at radius 1 is 1.35 bits per heavy atom. The van der Waals surface area contributed by atoms with Gasteiger partial charge in [0.1, 0.15) is 12.3 Å². The summed E-state index contributed by atoms with van der Waals surface area (Å²) in [6.45, 7) is 1.96. The average molecular weight is 242 g/mol. The van der Waals surface area contributed by atoms with Gasteiger partial charge in [-0.15, -0.1) is 0 Å². The summed E-state index contributed by atoms with van der Waals surface area (Å²) in [5.41, 5.74) is 0. The van der Waals surface area contributed by atoms with Crippen LogP contribution in [0, 0.1) is 0 Å².